The summed E-state index contributed by atoms with van der Waals surface area (Å²) >= 11 is 6.56. The lowest BCUT2D eigenvalue weighted by molar-refractivity contribution is -0.143. The summed E-state index contributed by atoms with van der Waals surface area (Å²) < 4.78 is 10.6. The van der Waals surface area contributed by atoms with Crippen LogP contribution in [0, 0.1) is 5.41 Å². The number of alkyl carbamates (subject to hydrolysis) is 1. The molecule has 0 radical (unpaired) electrons. The molecule has 1 aromatic rings. The van der Waals surface area contributed by atoms with Crippen LogP contribution in [0.4, 0.5) is 4.79 Å². The van der Waals surface area contributed by atoms with Crippen molar-refractivity contribution in [3.63, 3.8) is 0 Å². The molecule has 0 spiro atoms. The van der Waals surface area contributed by atoms with Crippen molar-refractivity contribution in [2.24, 2.45) is 10.6 Å². The van der Waals surface area contributed by atoms with Gasteiger partial charge in [0.15, 0.2) is 12.1 Å². The van der Waals surface area contributed by atoms with E-state index in [2.05, 4.69) is 15.8 Å². The molecule has 0 aromatic heterocycles. The molecule has 1 saturated heterocycles. The number of rotatable bonds is 13. The minimum atomic E-state index is -1.52. The zero-order chi connectivity index (χ0) is 33.5. The van der Waals surface area contributed by atoms with Crippen LogP contribution in [-0.2, 0) is 40.2 Å². The molecule has 3 unspecified atom stereocenters. The van der Waals surface area contributed by atoms with Crippen LogP contribution in [0.1, 0.15) is 49.5 Å². The minimum absolute atomic E-state index is 0.0314. The third kappa shape index (κ3) is 9.81. The summed E-state index contributed by atoms with van der Waals surface area (Å²) in [6.07, 6.45) is -2.34. The van der Waals surface area contributed by atoms with E-state index < -0.39 is 71.1 Å². The molecule has 45 heavy (non-hydrogen) atoms. The maximum atomic E-state index is 13.2. The molecule has 1 aromatic carbocycles. The van der Waals surface area contributed by atoms with E-state index in [9.17, 15) is 38.7 Å². The Morgan fingerprint density at radius 1 is 1.18 bits per heavy atom. The molecule has 0 saturated carbocycles. The van der Waals surface area contributed by atoms with Gasteiger partial charge in [-0.3, -0.25) is 28.9 Å². The van der Waals surface area contributed by atoms with Crippen molar-refractivity contribution in [2.75, 3.05) is 18.8 Å². The quantitative estimate of drug-likeness (QED) is 0.132. The number of hydrogen-bond acceptors (Lipinski definition) is 12. The lowest BCUT2D eigenvalue weighted by Gasteiger charge is -2.20. The Kier molecular flexibility index (Phi) is 11.8. The van der Waals surface area contributed by atoms with Crippen LogP contribution in [0.5, 0.6) is 5.75 Å². The molecule has 4 amide bonds. The molecular weight excluding hydrogens is 640 g/mol. The van der Waals surface area contributed by atoms with Crippen LogP contribution in [0.25, 0.3) is 0 Å². The Labute approximate surface area is 265 Å². The second-order valence-electron chi connectivity index (χ2n) is 10.9. The number of carboxylic acid groups (broad SMARTS) is 2. The molecule has 2 aliphatic rings. The van der Waals surface area contributed by atoms with E-state index >= 15 is 0 Å². The van der Waals surface area contributed by atoms with Crippen LogP contribution in [-0.4, -0.2) is 98.2 Å². The SMILES string of the molecule is CC(C)(C)C(=O)Oc1ccc(COC(=O)NC(C(=O)O)C2CC(Cl)=NO2)cc1C(=O)NCCN1C(=O)CC(SCC(=O)O)C1=O. The molecule has 0 aliphatic carbocycles. The van der Waals surface area contributed by atoms with Gasteiger partial charge in [-0.05, 0) is 38.5 Å². The number of halogens is 1. The first-order valence-electron chi connectivity index (χ1n) is 13.4. The van der Waals surface area contributed by atoms with Crippen molar-refractivity contribution < 1.29 is 58.1 Å². The van der Waals surface area contributed by atoms with Crippen molar-refractivity contribution in [3.8, 4) is 5.75 Å². The summed E-state index contributed by atoms with van der Waals surface area (Å²) in [6, 6.07) is 2.52. The van der Waals surface area contributed by atoms with E-state index in [0.29, 0.717) is 0 Å². The van der Waals surface area contributed by atoms with Gasteiger partial charge in [-0.15, -0.1) is 11.8 Å². The van der Waals surface area contributed by atoms with Gasteiger partial charge in [-0.2, -0.15) is 0 Å². The van der Waals surface area contributed by atoms with E-state index in [1.165, 1.54) is 18.2 Å². The van der Waals surface area contributed by atoms with Gasteiger partial charge in [-0.25, -0.2) is 9.59 Å². The van der Waals surface area contributed by atoms with Gasteiger partial charge in [0.2, 0.25) is 11.8 Å². The molecule has 2 heterocycles. The molecule has 4 N–H and O–H groups in total. The zero-order valence-corrected chi connectivity index (χ0v) is 25.9. The summed E-state index contributed by atoms with van der Waals surface area (Å²) in [4.78, 5) is 91.2. The Bertz CT molecular complexity index is 1410. The maximum Gasteiger partial charge on any atom is 0.408 e. The Morgan fingerprint density at radius 3 is 2.49 bits per heavy atom. The van der Waals surface area contributed by atoms with Gasteiger partial charge in [0.1, 0.15) is 17.5 Å². The monoisotopic (exact) mass is 670 g/mol. The number of ether oxygens (including phenoxy) is 2. The number of nitrogens with one attached hydrogen (secondary N) is 2. The van der Waals surface area contributed by atoms with Gasteiger partial charge in [0.25, 0.3) is 5.91 Å². The fourth-order valence-electron chi connectivity index (χ4n) is 3.93. The first kappa shape index (κ1) is 35.1. The van der Waals surface area contributed by atoms with Crippen LogP contribution in [0.3, 0.4) is 0 Å². The zero-order valence-electron chi connectivity index (χ0n) is 24.4. The van der Waals surface area contributed by atoms with Gasteiger partial charge >= 0.3 is 24.0 Å². The van der Waals surface area contributed by atoms with Crippen molar-refractivity contribution in [3.05, 3.63) is 29.3 Å². The summed E-state index contributed by atoms with van der Waals surface area (Å²) in [7, 11) is 0. The van der Waals surface area contributed by atoms with Gasteiger partial charge in [0.05, 0.1) is 22.0 Å². The van der Waals surface area contributed by atoms with Crippen LogP contribution < -0.4 is 15.4 Å². The lowest BCUT2D eigenvalue weighted by Crippen LogP contribution is -2.48. The number of carbonyl (C=O) groups excluding carboxylic acids is 5. The number of aliphatic carboxylic acids is 2. The molecule has 1 fully saturated rings. The fourth-order valence-corrected chi connectivity index (χ4v) is 4.99. The second-order valence-corrected chi connectivity index (χ2v) is 12.5. The third-order valence-corrected chi connectivity index (χ3v) is 7.68. The molecule has 3 rings (SSSR count). The van der Waals surface area contributed by atoms with Crippen molar-refractivity contribution >= 4 is 70.3 Å². The molecule has 16 nitrogen and oxygen atoms in total. The van der Waals surface area contributed by atoms with E-state index in [-0.39, 0.29) is 53.7 Å². The largest absolute Gasteiger partial charge is 0.481 e. The molecule has 0 bridgehead atoms. The molecular formula is C27H31ClN4O12S. The van der Waals surface area contributed by atoms with Gasteiger partial charge < -0.3 is 35.2 Å². The standard InChI is InChI=1S/C27H31ClN4O12S/c1-27(2,3)25(40)43-15-5-4-13(11-42-26(41)30-21(24(38)39)16-9-18(28)31-44-16)8-14(15)22(36)29-6-7-32-19(33)10-17(23(32)37)45-12-20(34)35/h4-5,8,16-17,21H,6-7,9-12H2,1-3H3,(H,29,36)(H,30,41)(H,34,35)(H,38,39). The summed E-state index contributed by atoms with van der Waals surface area (Å²) in [6.45, 7) is 4.07. The Balaban J connectivity index is 1.67. The maximum absolute atomic E-state index is 13.2. The molecule has 2 aliphatic heterocycles. The van der Waals surface area contributed by atoms with E-state index in [4.69, 9.17) is 31.0 Å². The predicted molar refractivity (Wildman–Crippen MR) is 157 cm³/mol. The highest BCUT2D eigenvalue weighted by atomic mass is 35.5. The molecule has 244 valence electrons. The van der Waals surface area contributed by atoms with E-state index in [0.717, 1.165) is 16.7 Å². The van der Waals surface area contributed by atoms with Gasteiger partial charge in [0, 0.05) is 25.9 Å². The number of hydrogen-bond donors (Lipinski definition) is 4. The normalized spacial score (nSPS) is 18.5. The first-order chi connectivity index (χ1) is 21.1. The van der Waals surface area contributed by atoms with Crippen LogP contribution in [0.2, 0.25) is 0 Å². The van der Waals surface area contributed by atoms with E-state index in [1.807, 2.05) is 0 Å². The summed E-state index contributed by atoms with van der Waals surface area (Å²) in [5.74, 6) is -5.43. The number of imide groups is 1. The average molecular weight is 671 g/mol. The second kappa shape index (κ2) is 15.1. The van der Waals surface area contributed by atoms with Crippen LogP contribution in [0.15, 0.2) is 23.4 Å². The number of oxime groups is 1. The Hall–Kier alpha value is -4.38. The highest BCUT2D eigenvalue weighted by Gasteiger charge is 2.39. The lowest BCUT2D eigenvalue weighted by atomic mass is 9.97. The number of nitrogens with zero attached hydrogens (tertiary/aromatic N) is 2. The van der Waals surface area contributed by atoms with Crippen molar-refractivity contribution in [1.82, 2.24) is 15.5 Å². The first-order valence-corrected chi connectivity index (χ1v) is 14.8. The highest BCUT2D eigenvalue weighted by Crippen LogP contribution is 2.26. The minimum Gasteiger partial charge on any atom is -0.481 e. The topological polar surface area (TPSA) is 227 Å². The number of likely N-dealkylation sites (tertiary alicyclic amines) is 1. The predicted octanol–water partition coefficient (Wildman–Crippen LogP) is 1.33. The summed E-state index contributed by atoms with van der Waals surface area (Å²) in [5.41, 5.74) is -0.778. The molecule has 18 heteroatoms. The molecule has 3 atom stereocenters. The Morgan fingerprint density at radius 2 is 1.89 bits per heavy atom. The number of esters is 1. The third-order valence-electron chi connectivity index (χ3n) is 6.27. The van der Waals surface area contributed by atoms with E-state index in [1.54, 1.807) is 20.8 Å². The highest BCUT2D eigenvalue weighted by molar-refractivity contribution is 8.01. The number of thioether (sulfide) groups is 1. The van der Waals surface area contributed by atoms with Crippen LogP contribution >= 0.6 is 23.4 Å². The van der Waals surface area contributed by atoms with Crippen molar-refractivity contribution in [1.29, 1.82) is 0 Å². The summed E-state index contributed by atoms with van der Waals surface area (Å²) in [5, 5.41) is 25.7. The van der Waals surface area contributed by atoms with Crippen molar-refractivity contribution in [2.45, 2.75) is 57.6 Å². The van der Waals surface area contributed by atoms with Gasteiger partial charge in [-0.1, -0.05) is 22.8 Å². The number of carboxylic acids is 2. The average Bonchev–Trinajstić information content (AvgIpc) is 3.50. The smallest absolute Gasteiger partial charge is 0.408 e. The number of amides is 4. The fraction of sp³-hybridized carbons (Fsp3) is 0.481. The number of benzene rings is 1. The number of carbonyl (C=O) groups is 7.